The molecular formula is C5H3ClN. The van der Waals surface area contributed by atoms with Crippen molar-refractivity contribution in [3.63, 3.8) is 0 Å². The molecular weight excluding hydrogens is 110 g/mol. The van der Waals surface area contributed by atoms with Crippen LogP contribution in [-0.2, 0) is 0 Å². The van der Waals surface area contributed by atoms with Gasteiger partial charge in [0, 0.05) is 6.20 Å². The largest absolute Gasteiger partial charge is 0.245 e. The van der Waals surface area contributed by atoms with E-state index in [0.717, 1.165) is 0 Å². The lowest BCUT2D eigenvalue weighted by molar-refractivity contribution is 1.33. The molecule has 0 aliphatic heterocycles. The van der Waals surface area contributed by atoms with Gasteiger partial charge >= 0.3 is 0 Å². The Morgan fingerprint density at radius 3 is 2.86 bits per heavy atom. The second-order valence-corrected chi connectivity index (χ2v) is 1.47. The van der Waals surface area contributed by atoms with Crippen molar-refractivity contribution in [3.8, 4) is 0 Å². The van der Waals surface area contributed by atoms with Crippen LogP contribution < -0.4 is 0 Å². The topological polar surface area (TPSA) is 12.9 Å². The fourth-order valence-electron chi connectivity index (χ4n) is 0.306. The summed E-state index contributed by atoms with van der Waals surface area (Å²) < 4.78 is 0. The van der Waals surface area contributed by atoms with E-state index < -0.39 is 0 Å². The van der Waals surface area contributed by atoms with Crippen LogP contribution >= 0.6 is 11.6 Å². The maximum Gasteiger partial charge on any atom is 0.129 e. The molecule has 0 spiro atoms. The third-order valence-electron chi connectivity index (χ3n) is 0.571. The summed E-state index contributed by atoms with van der Waals surface area (Å²) in [6, 6.07) is 6.08. The summed E-state index contributed by atoms with van der Waals surface area (Å²) in [7, 11) is 0. The molecule has 0 saturated carbocycles. The highest BCUT2D eigenvalue weighted by Gasteiger charge is 1.77. The van der Waals surface area contributed by atoms with E-state index in [-0.39, 0.29) is 0 Å². The first-order valence-corrected chi connectivity index (χ1v) is 2.25. The first kappa shape index (κ1) is 4.60. The number of hydrogen-bond acceptors (Lipinski definition) is 1. The van der Waals surface area contributed by atoms with E-state index >= 15 is 0 Å². The van der Waals surface area contributed by atoms with Gasteiger partial charge in [-0.25, -0.2) is 4.98 Å². The molecule has 0 fully saturated rings. The second kappa shape index (κ2) is 1.94. The molecule has 0 aliphatic carbocycles. The molecule has 1 radical (unpaired) electrons. The minimum absolute atomic E-state index is 0.488. The molecule has 2 heteroatoms. The zero-order chi connectivity index (χ0) is 5.11. The average Bonchev–Trinajstić information content (AvgIpc) is 1.69. The fourth-order valence-corrected chi connectivity index (χ4v) is 0.425. The van der Waals surface area contributed by atoms with Crippen LogP contribution in [0.4, 0.5) is 0 Å². The van der Waals surface area contributed by atoms with Crippen molar-refractivity contribution in [2.75, 3.05) is 0 Å². The van der Waals surface area contributed by atoms with Gasteiger partial charge in [0.15, 0.2) is 0 Å². The molecule has 0 unspecified atom stereocenters. The minimum atomic E-state index is 0.488. The summed E-state index contributed by atoms with van der Waals surface area (Å²) in [6.07, 6.45) is 1.60. The Kier molecular flexibility index (Phi) is 1.27. The van der Waals surface area contributed by atoms with Gasteiger partial charge in [0.2, 0.25) is 0 Å². The number of nitrogens with zero attached hydrogens (tertiary/aromatic N) is 1. The van der Waals surface area contributed by atoms with Crippen molar-refractivity contribution in [1.29, 1.82) is 0 Å². The first-order chi connectivity index (χ1) is 3.39. The van der Waals surface area contributed by atoms with Crippen LogP contribution in [0.5, 0.6) is 0 Å². The van der Waals surface area contributed by atoms with Gasteiger partial charge in [0.25, 0.3) is 0 Å². The van der Waals surface area contributed by atoms with E-state index in [1.165, 1.54) is 0 Å². The highest BCUT2D eigenvalue weighted by molar-refractivity contribution is 6.29. The molecule has 0 bridgehead atoms. The van der Waals surface area contributed by atoms with Crippen molar-refractivity contribution >= 4 is 11.6 Å². The number of rotatable bonds is 0. The van der Waals surface area contributed by atoms with Crippen molar-refractivity contribution in [2.45, 2.75) is 0 Å². The van der Waals surface area contributed by atoms with E-state index in [1.807, 2.05) is 0 Å². The lowest BCUT2D eigenvalue weighted by Crippen LogP contribution is -1.66. The van der Waals surface area contributed by atoms with E-state index in [4.69, 9.17) is 11.6 Å². The fraction of sp³-hybridized carbons (Fsp3) is 0. The minimum Gasteiger partial charge on any atom is -0.245 e. The highest BCUT2D eigenvalue weighted by Crippen LogP contribution is 1.97. The summed E-state index contributed by atoms with van der Waals surface area (Å²) >= 11 is 5.40. The summed E-state index contributed by atoms with van der Waals surface area (Å²) in [5.74, 6) is 0. The third-order valence-corrected chi connectivity index (χ3v) is 0.778. The first-order valence-electron chi connectivity index (χ1n) is 1.87. The number of pyridine rings is 1. The molecule has 1 rings (SSSR count). The predicted octanol–water partition coefficient (Wildman–Crippen LogP) is 1.54. The molecule has 1 heterocycles. The molecule has 0 atom stereocenters. The third kappa shape index (κ3) is 1.16. The van der Waals surface area contributed by atoms with Crippen LogP contribution in [0.2, 0.25) is 5.15 Å². The van der Waals surface area contributed by atoms with Crippen LogP contribution in [0.1, 0.15) is 0 Å². The van der Waals surface area contributed by atoms with Gasteiger partial charge in [-0.3, -0.25) is 0 Å². The maximum atomic E-state index is 5.40. The average molecular weight is 113 g/mol. The standard InChI is InChI=1S/C5H3ClN/c6-5-3-1-2-4-7-5/h2-4H. The van der Waals surface area contributed by atoms with E-state index in [9.17, 15) is 0 Å². The molecule has 0 saturated heterocycles. The molecule has 0 aliphatic rings. The Bertz CT molecular complexity index is 138. The van der Waals surface area contributed by atoms with E-state index in [1.54, 1.807) is 18.3 Å². The Labute approximate surface area is 47.0 Å². The monoisotopic (exact) mass is 112 g/mol. The number of halogens is 1. The number of hydrogen-bond donors (Lipinski definition) is 0. The van der Waals surface area contributed by atoms with Gasteiger partial charge in [-0.1, -0.05) is 11.6 Å². The van der Waals surface area contributed by atoms with Crippen molar-refractivity contribution < 1.29 is 0 Å². The molecule has 0 aromatic carbocycles. The van der Waals surface area contributed by atoms with Gasteiger partial charge in [-0.15, -0.1) is 0 Å². The molecule has 35 valence electrons. The van der Waals surface area contributed by atoms with E-state index in [0.29, 0.717) is 5.15 Å². The number of aromatic nitrogens is 1. The molecule has 1 aromatic rings. The van der Waals surface area contributed by atoms with Crippen LogP contribution in [0, 0.1) is 6.07 Å². The summed E-state index contributed by atoms with van der Waals surface area (Å²) in [4.78, 5) is 3.71. The lowest BCUT2D eigenvalue weighted by atomic mass is 10.5. The van der Waals surface area contributed by atoms with Gasteiger partial charge in [0.1, 0.15) is 5.15 Å². The van der Waals surface area contributed by atoms with Crippen LogP contribution in [0.25, 0.3) is 0 Å². The molecule has 7 heavy (non-hydrogen) atoms. The van der Waals surface area contributed by atoms with Crippen LogP contribution in [0.15, 0.2) is 18.3 Å². The highest BCUT2D eigenvalue weighted by atomic mass is 35.5. The normalized spacial score (nSPS) is 8.71. The zero-order valence-electron chi connectivity index (χ0n) is 3.56. The quantitative estimate of drug-likeness (QED) is 0.464. The molecule has 0 N–H and O–H groups in total. The lowest BCUT2D eigenvalue weighted by Gasteiger charge is -1.78. The summed E-state index contributed by atoms with van der Waals surface area (Å²) in [5.41, 5.74) is 0. The van der Waals surface area contributed by atoms with Crippen molar-refractivity contribution in [3.05, 3.63) is 29.5 Å². The van der Waals surface area contributed by atoms with Gasteiger partial charge in [-0.2, -0.15) is 0 Å². The Morgan fingerprint density at radius 1 is 1.71 bits per heavy atom. The summed E-state index contributed by atoms with van der Waals surface area (Å²) in [5, 5.41) is 0.488. The van der Waals surface area contributed by atoms with Gasteiger partial charge < -0.3 is 0 Å². The van der Waals surface area contributed by atoms with Gasteiger partial charge in [-0.05, 0) is 18.2 Å². The zero-order valence-corrected chi connectivity index (χ0v) is 4.31. The van der Waals surface area contributed by atoms with Crippen molar-refractivity contribution in [2.24, 2.45) is 0 Å². The van der Waals surface area contributed by atoms with Gasteiger partial charge in [0.05, 0.1) is 0 Å². The molecule has 1 nitrogen and oxygen atoms in total. The van der Waals surface area contributed by atoms with Crippen molar-refractivity contribution in [1.82, 2.24) is 4.98 Å². The smallest absolute Gasteiger partial charge is 0.129 e. The summed E-state index contributed by atoms with van der Waals surface area (Å²) in [6.45, 7) is 0. The maximum absolute atomic E-state index is 5.40. The Balaban J connectivity index is 3.02. The van der Waals surface area contributed by atoms with Crippen LogP contribution in [-0.4, -0.2) is 4.98 Å². The SMILES string of the molecule is Clc1c[c]ccn1. The molecule has 0 amide bonds. The van der Waals surface area contributed by atoms with Crippen LogP contribution in [0.3, 0.4) is 0 Å². The second-order valence-electron chi connectivity index (χ2n) is 1.08. The Morgan fingerprint density at radius 2 is 2.57 bits per heavy atom. The Hall–Kier alpha value is -0.560. The van der Waals surface area contributed by atoms with E-state index in [2.05, 4.69) is 11.1 Å². The molecule has 1 aromatic heterocycles. The predicted molar refractivity (Wildman–Crippen MR) is 28.1 cm³/mol.